The van der Waals surface area contributed by atoms with Crippen LogP contribution in [0.4, 0.5) is 0 Å². The van der Waals surface area contributed by atoms with Gasteiger partial charge in [0, 0.05) is 0 Å². The Morgan fingerprint density at radius 1 is 1.29 bits per heavy atom. The maximum absolute atomic E-state index is 5.30. The number of allylic oxidation sites excluding steroid dienone is 4. The van der Waals surface area contributed by atoms with Gasteiger partial charge in [0.2, 0.25) is 8.37 Å². The van der Waals surface area contributed by atoms with E-state index in [0.29, 0.717) is 5.66 Å². The molecule has 1 aliphatic carbocycles. The van der Waals surface area contributed by atoms with Crippen LogP contribution in [0.3, 0.4) is 0 Å². The normalized spacial score (nSPS) is 19.4. The van der Waals surface area contributed by atoms with Gasteiger partial charge < -0.3 is 0 Å². The van der Waals surface area contributed by atoms with Gasteiger partial charge in [0.05, 0.1) is 5.66 Å². The zero-order valence-corrected chi connectivity index (χ0v) is 4.81. The van der Waals surface area contributed by atoms with E-state index in [4.69, 9.17) is 5.16 Å². The minimum atomic E-state index is 0.486. The minimum absolute atomic E-state index is 0.486. The van der Waals surface area contributed by atoms with Crippen LogP contribution in [0.1, 0.15) is 0 Å². The van der Waals surface area contributed by atoms with E-state index < -0.39 is 0 Å². The molecule has 0 aromatic heterocycles. The van der Waals surface area contributed by atoms with Gasteiger partial charge in [0.15, 0.2) is 0 Å². The van der Waals surface area contributed by atoms with Crippen molar-refractivity contribution in [1.82, 2.24) is 0 Å². The minimum Gasteiger partial charge on any atom is -0.244 e. The van der Waals surface area contributed by atoms with Crippen LogP contribution in [-0.2, 0) is 0 Å². The van der Waals surface area contributed by atoms with E-state index >= 15 is 0 Å². The predicted octanol–water partition coefficient (Wildman–Crippen LogP) is 0.370. The Morgan fingerprint density at radius 3 is 2.14 bits per heavy atom. The Balaban J connectivity index is 2.59. The fraction of sp³-hybridized carbons (Fsp3) is 0.200. The Labute approximate surface area is 44.4 Å². The molecule has 0 heterocycles. The van der Waals surface area contributed by atoms with Crippen LogP contribution in [0.25, 0.3) is 0 Å². The first-order valence-corrected chi connectivity index (χ1v) is 3.22. The molecule has 0 saturated heterocycles. The molecule has 1 aliphatic rings. The molecule has 0 amide bonds. The van der Waals surface area contributed by atoms with Gasteiger partial charge in [-0.3, -0.25) is 0 Å². The predicted molar refractivity (Wildman–Crippen MR) is 30.9 cm³/mol. The van der Waals surface area contributed by atoms with Gasteiger partial charge in [-0.2, -0.15) is 0 Å². The van der Waals surface area contributed by atoms with Gasteiger partial charge in [-0.1, -0.05) is 24.3 Å². The molecule has 2 N–H and O–H groups in total. The molecule has 0 saturated carbocycles. The van der Waals surface area contributed by atoms with Crippen LogP contribution < -0.4 is 5.16 Å². The van der Waals surface area contributed by atoms with Crippen LogP contribution in [0.5, 0.6) is 0 Å². The average molecular weight is 112 g/mol. The summed E-state index contributed by atoms with van der Waals surface area (Å²) in [7, 11) is 0.948. The molecule has 7 heavy (non-hydrogen) atoms. The summed E-state index contributed by atoms with van der Waals surface area (Å²) in [4.78, 5) is 0. The summed E-state index contributed by atoms with van der Waals surface area (Å²) in [5.74, 6) is 0. The maximum atomic E-state index is 5.30. The van der Waals surface area contributed by atoms with Crippen molar-refractivity contribution in [3.8, 4) is 0 Å². The second-order valence-electron chi connectivity index (χ2n) is 1.41. The molecule has 0 radical (unpaired) electrons. The first kappa shape index (κ1) is 4.73. The summed E-state index contributed by atoms with van der Waals surface area (Å²) in [5, 5.41) is 5.30. The third kappa shape index (κ3) is 0.971. The highest BCUT2D eigenvalue weighted by molar-refractivity contribution is 7.24. The van der Waals surface area contributed by atoms with E-state index in [1.807, 2.05) is 12.2 Å². The van der Waals surface area contributed by atoms with Gasteiger partial charge in [-0.25, -0.2) is 5.16 Å². The van der Waals surface area contributed by atoms with Crippen LogP contribution in [0.15, 0.2) is 24.3 Å². The smallest absolute Gasteiger partial charge is 0.215 e. The first-order valence-electron chi connectivity index (χ1n) is 2.18. The Kier molecular flexibility index (Phi) is 1.38. The summed E-state index contributed by atoms with van der Waals surface area (Å²) < 4.78 is 0. The van der Waals surface area contributed by atoms with E-state index in [0.717, 1.165) is 8.37 Å². The van der Waals surface area contributed by atoms with Crippen molar-refractivity contribution >= 4 is 8.37 Å². The van der Waals surface area contributed by atoms with Crippen molar-refractivity contribution < 1.29 is 5.16 Å². The molecule has 1 rings (SSSR count). The first-order chi connectivity index (χ1) is 3.43. The van der Waals surface area contributed by atoms with E-state index in [1.54, 1.807) is 0 Å². The third-order valence-electron chi connectivity index (χ3n) is 0.900. The molecule has 1 nitrogen and oxygen atoms in total. The molecular formula is C5H7NP+. The molecule has 0 aromatic rings. The molecule has 2 heteroatoms. The Hall–Kier alpha value is -0.420. The molecule has 0 atom stereocenters. The average Bonchev–Trinajstić information content (AvgIpc) is 2.14. The Morgan fingerprint density at radius 2 is 1.86 bits per heavy atom. The van der Waals surface area contributed by atoms with Gasteiger partial charge >= 0.3 is 0 Å². The number of nitrogens with two attached hydrogens (primary N) is 1. The van der Waals surface area contributed by atoms with E-state index in [1.165, 1.54) is 0 Å². The monoisotopic (exact) mass is 112 g/mol. The van der Waals surface area contributed by atoms with Crippen molar-refractivity contribution in [3.05, 3.63) is 24.3 Å². The topological polar surface area (TPSA) is 25.6 Å². The van der Waals surface area contributed by atoms with E-state index in [9.17, 15) is 0 Å². The van der Waals surface area contributed by atoms with Gasteiger partial charge in [-0.05, 0) is 0 Å². The van der Waals surface area contributed by atoms with Crippen LogP contribution in [-0.4, -0.2) is 5.66 Å². The molecule has 0 fully saturated rings. The van der Waals surface area contributed by atoms with Crippen molar-refractivity contribution in [2.75, 3.05) is 0 Å². The van der Waals surface area contributed by atoms with Crippen LogP contribution >= 0.6 is 8.37 Å². The van der Waals surface area contributed by atoms with Gasteiger partial charge in [0.1, 0.15) is 0 Å². The fourth-order valence-corrected chi connectivity index (χ4v) is 0.917. The second kappa shape index (κ2) is 2.04. The van der Waals surface area contributed by atoms with Crippen molar-refractivity contribution in [2.45, 2.75) is 5.66 Å². The van der Waals surface area contributed by atoms with Gasteiger partial charge in [-0.15, -0.1) is 0 Å². The third-order valence-corrected chi connectivity index (χ3v) is 1.59. The molecule has 0 bridgehead atoms. The number of rotatable bonds is 1. The molecule has 0 aromatic carbocycles. The molecule has 0 unspecified atom stereocenters. The maximum Gasteiger partial charge on any atom is 0.215 e. The molecule has 0 spiro atoms. The summed E-state index contributed by atoms with van der Waals surface area (Å²) in [6.45, 7) is 0. The lowest BCUT2D eigenvalue weighted by molar-refractivity contribution is -0.0763. The quantitative estimate of drug-likeness (QED) is 0.474. The SMILES string of the molecule is [NH2+]=PC1C=CC=C1. The lowest BCUT2D eigenvalue weighted by Crippen LogP contribution is -2.19. The zero-order chi connectivity index (χ0) is 5.11. The van der Waals surface area contributed by atoms with Crippen LogP contribution in [0, 0.1) is 0 Å². The number of hydrogen-bond donors (Lipinski definition) is 1. The van der Waals surface area contributed by atoms with Crippen molar-refractivity contribution in [1.29, 1.82) is 0 Å². The van der Waals surface area contributed by atoms with Gasteiger partial charge in [0.25, 0.3) is 0 Å². The summed E-state index contributed by atoms with van der Waals surface area (Å²) in [6.07, 6.45) is 8.21. The molecule has 36 valence electrons. The Bertz CT molecular complexity index is 114. The molecular weight excluding hydrogens is 105 g/mol. The standard InChI is InChI=1S/C5H6NP/c6-7-5-3-1-2-4-5/h1-6H/p+1. The lowest BCUT2D eigenvalue weighted by atomic mass is 10.5. The number of hydrogen-bond acceptors (Lipinski definition) is 0. The highest BCUT2D eigenvalue weighted by Gasteiger charge is 2.00. The largest absolute Gasteiger partial charge is 0.244 e. The second-order valence-corrected chi connectivity index (χ2v) is 2.30. The lowest BCUT2D eigenvalue weighted by Gasteiger charge is -1.79. The van der Waals surface area contributed by atoms with E-state index in [2.05, 4.69) is 12.2 Å². The van der Waals surface area contributed by atoms with Crippen molar-refractivity contribution in [3.63, 3.8) is 0 Å². The molecule has 0 aliphatic heterocycles. The highest BCUT2D eigenvalue weighted by Crippen LogP contribution is 2.10. The summed E-state index contributed by atoms with van der Waals surface area (Å²) in [5.41, 5.74) is 0.486. The van der Waals surface area contributed by atoms with E-state index in [-0.39, 0.29) is 0 Å². The van der Waals surface area contributed by atoms with Crippen molar-refractivity contribution in [2.24, 2.45) is 0 Å². The fourth-order valence-electron chi connectivity index (χ4n) is 0.520. The zero-order valence-electron chi connectivity index (χ0n) is 3.91. The summed E-state index contributed by atoms with van der Waals surface area (Å²) in [6, 6.07) is 0. The highest BCUT2D eigenvalue weighted by atomic mass is 31.1. The van der Waals surface area contributed by atoms with Crippen LogP contribution in [0.2, 0.25) is 0 Å². The summed E-state index contributed by atoms with van der Waals surface area (Å²) >= 11 is 0.